The van der Waals surface area contributed by atoms with Crippen LogP contribution in [-0.2, 0) is 6.18 Å². The number of aromatic nitrogens is 5. The fraction of sp³-hybridized carbons (Fsp3) is 0.0149. The average molecular weight is 1020 g/mol. The van der Waals surface area contributed by atoms with Crippen molar-refractivity contribution in [1.29, 1.82) is 10.5 Å². The van der Waals surface area contributed by atoms with Gasteiger partial charge in [0.2, 0.25) is 0 Å². The summed E-state index contributed by atoms with van der Waals surface area (Å²) in [5.74, 6) is 0.545. The van der Waals surface area contributed by atoms with E-state index in [-0.39, 0.29) is 62.4 Å². The molecule has 0 saturated heterocycles. The van der Waals surface area contributed by atoms with E-state index in [1.165, 1.54) is 12.1 Å². The second-order valence-corrected chi connectivity index (χ2v) is 18.6. The van der Waals surface area contributed by atoms with Crippen molar-refractivity contribution in [3.8, 4) is 108 Å². The molecule has 0 saturated carbocycles. The third kappa shape index (κ3) is 9.36. The van der Waals surface area contributed by atoms with Gasteiger partial charge in [-0.3, -0.25) is 0 Å². The SMILES string of the molecule is [C-]#[N+]c1cc([N+]#[C-])cc(-c2ccc3c4ccc(-c5cc(C#N)cc(C#N)c5)cc4n(-c4c(-c5cc(-c6ccccc6)nc(-c6ccccc6)n5)cc(C(F)(F)F)cc4-c4cc(-c5ccccc5)nc(-c5ccccc5)n4)c3c2)c1. The molecule has 79 heavy (non-hydrogen) atoms. The van der Waals surface area contributed by atoms with Crippen molar-refractivity contribution < 1.29 is 13.2 Å². The zero-order valence-corrected chi connectivity index (χ0v) is 41.4. The highest BCUT2D eigenvalue weighted by atomic mass is 19.4. The Labute approximate surface area is 451 Å². The monoisotopic (exact) mass is 1020 g/mol. The van der Waals surface area contributed by atoms with Crippen LogP contribution in [0.2, 0.25) is 0 Å². The number of fused-ring (bicyclic) bond motifs is 3. The maximum atomic E-state index is 16.1. The molecule has 0 aliphatic carbocycles. The third-order valence-corrected chi connectivity index (χ3v) is 13.7. The smallest absolute Gasteiger partial charge is 0.308 e. The van der Waals surface area contributed by atoms with Crippen molar-refractivity contribution in [2.45, 2.75) is 6.18 Å². The van der Waals surface area contributed by atoms with Gasteiger partial charge in [0.15, 0.2) is 23.0 Å². The molecule has 3 heterocycles. The highest BCUT2D eigenvalue weighted by molar-refractivity contribution is 6.12. The Morgan fingerprint density at radius 1 is 0.392 bits per heavy atom. The Morgan fingerprint density at radius 2 is 0.785 bits per heavy atom. The second-order valence-electron chi connectivity index (χ2n) is 18.6. The van der Waals surface area contributed by atoms with Crippen LogP contribution in [0.4, 0.5) is 24.5 Å². The van der Waals surface area contributed by atoms with Crippen LogP contribution in [0.1, 0.15) is 16.7 Å². The summed E-state index contributed by atoms with van der Waals surface area (Å²) in [7, 11) is 0. The standard InChI is InChI=1S/C67H36F3N9/c1-73-52-30-50(31-53(36-52)74-2)48-24-26-55-54-25-23-47(49-28-41(39-71)27-42(29-49)40-72)32-62(54)79(63(55)33-48)64-56(60-37-58(43-15-7-3-8-16-43)75-65(77-60)45-19-11-5-12-20-45)34-51(67(68,69)70)35-57(64)61-38-59(44-17-9-4-10-18-44)76-66(78-61)46-21-13-6-14-22-46/h3-38H. The minimum Gasteiger partial charge on any atom is -0.308 e. The lowest BCUT2D eigenvalue weighted by Crippen LogP contribution is -2.10. The van der Waals surface area contributed by atoms with Crippen LogP contribution < -0.4 is 0 Å². The molecule has 12 rings (SSSR count). The minimum absolute atomic E-state index is 0.0841. The molecule has 0 aliphatic heterocycles. The molecule has 0 N–H and O–H groups in total. The van der Waals surface area contributed by atoms with Crippen molar-refractivity contribution in [1.82, 2.24) is 24.5 Å². The molecule has 12 heteroatoms. The summed E-state index contributed by atoms with van der Waals surface area (Å²) in [6.07, 6.45) is -4.89. The lowest BCUT2D eigenvalue weighted by atomic mass is 9.95. The molecule has 9 nitrogen and oxygen atoms in total. The molecule has 0 spiro atoms. The maximum absolute atomic E-state index is 16.1. The van der Waals surface area contributed by atoms with E-state index in [1.807, 2.05) is 162 Å². The van der Waals surface area contributed by atoms with Crippen LogP contribution in [0.25, 0.3) is 127 Å². The molecule has 370 valence electrons. The van der Waals surface area contributed by atoms with E-state index in [0.717, 1.165) is 12.1 Å². The molecule has 0 fully saturated rings. The predicted octanol–water partition coefficient (Wildman–Crippen LogP) is 17.6. The summed E-state index contributed by atoms with van der Waals surface area (Å²) in [4.78, 5) is 27.8. The van der Waals surface area contributed by atoms with E-state index in [4.69, 9.17) is 33.1 Å². The van der Waals surface area contributed by atoms with Crippen molar-refractivity contribution in [3.05, 3.63) is 258 Å². The molecular formula is C67H36F3N9. The van der Waals surface area contributed by atoms with Crippen LogP contribution in [0.5, 0.6) is 0 Å². The number of hydrogen-bond acceptors (Lipinski definition) is 6. The van der Waals surface area contributed by atoms with E-state index in [2.05, 4.69) is 21.8 Å². The summed E-state index contributed by atoms with van der Waals surface area (Å²) in [5.41, 5.74) is 7.96. The first-order chi connectivity index (χ1) is 38.5. The Bertz CT molecular complexity index is 4110. The fourth-order valence-corrected chi connectivity index (χ4v) is 9.98. The van der Waals surface area contributed by atoms with E-state index in [0.29, 0.717) is 77.7 Å². The number of rotatable bonds is 9. The van der Waals surface area contributed by atoms with Crippen LogP contribution in [0.15, 0.2) is 218 Å². The van der Waals surface area contributed by atoms with E-state index in [9.17, 15) is 10.5 Å². The van der Waals surface area contributed by atoms with Gasteiger partial charge in [0, 0.05) is 44.2 Å². The van der Waals surface area contributed by atoms with Crippen LogP contribution in [-0.4, -0.2) is 24.5 Å². The first-order valence-electron chi connectivity index (χ1n) is 24.8. The van der Waals surface area contributed by atoms with Gasteiger partial charge in [-0.1, -0.05) is 164 Å². The Hall–Kier alpha value is -11.3. The number of hydrogen-bond donors (Lipinski definition) is 0. The summed E-state index contributed by atoms with van der Waals surface area (Å²) in [6.45, 7) is 15.8. The maximum Gasteiger partial charge on any atom is 0.416 e. The number of halogens is 3. The number of nitriles is 2. The fourth-order valence-electron chi connectivity index (χ4n) is 9.98. The zero-order valence-electron chi connectivity index (χ0n) is 41.4. The molecule has 0 amide bonds. The van der Waals surface area contributed by atoms with Crippen molar-refractivity contribution in [3.63, 3.8) is 0 Å². The molecular weight excluding hydrogens is 988 g/mol. The largest absolute Gasteiger partial charge is 0.416 e. The number of benzene rings is 9. The summed E-state index contributed by atoms with van der Waals surface area (Å²) in [5, 5.41) is 21.6. The van der Waals surface area contributed by atoms with Crippen LogP contribution >= 0.6 is 0 Å². The predicted molar refractivity (Wildman–Crippen MR) is 302 cm³/mol. The Kier molecular flexibility index (Phi) is 12.4. The van der Waals surface area contributed by atoms with Gasteiger partial charge in [-0.25, -0.2) is 29.6 Å². The molecule has 0 aliphatic rings. The third-order valence-electron chi connectivity index (χ3n) is 13.7. The van der Waals surface area contributed by atoms with Gasteiger partial charge in [-0.2, -0.15) is 23.7 Å². The Balaban J connectivity index is 1.29. The summed E-state index contributed by atoms with van der Waals surface area (Å²) in [6, 6.07) is 68.5. The normalized spacial score (nSPS) is 11.2. The first-order valence-corrected chi connectivity index (χ1v) is 24.8. The molecule has 0 radical (unpaired) electrons. The number of alkyl halides is 3. The lowest BCUT2D eigenvalue weighted by molar-refractivity contribution is -0.137. The van der Waals surface area contributed by atoms with Crippen LogP contribution in [0, 0.1) is 35.8 Å². The Morgan fingerprint density at radius 3 is 1.18 bits per heavy atom. The molecule has 12 aromatic rings. The van der Waals surface area contributed by atoms with E-state index < -0.39 is 11.7 Å². The molecule has 3 aromatic heterocycles. The molecule has 0 unspecified atom stereocenters. The molecule has 0 atom stereocenters. The van der Waals surface area contributed by atoms with Gasteiger partial charge in [0.25, 0.3) is 0 Å². The van der Waals surface area contributed by atoms with Gasteiger partial charge < -0.3 is 4.57 Å². The summed E-state index contributed by atoms with van der Waals surface area (Å²) >= 11 is 0. The van der Waals surface area contributed by atoms with Gasteiger partial charge in [0.05, 0.1) is 81.5 Å². The highest BCUT2D eigenvalue weighted by Crippen LogP contribution is 2.47. The number of nitrogens with zero attached hydrogens (tertiary/aromatic N) is 9. The van der Waals surface area contributed by atoms with E-state index in [1.54, 1.807) is 36.4 Å². The highest BCUT2D eigenvalue weighted by Gasteiger charge is 2.35. The van der Waals surface area contributed by atoms with Gasteiger partial charge in [-0.15, -0.1) is 0 Å². The lowest BCUT2D eigenvalue weighted by Gasteiger charge is -2.22. The summed E-state index contributed by atoms with van der Waals surface area (Å²) < 4.78 is 50.2. The van der Waals surface area contributed by atoms with Crippen LogP contribution in [0.3, 0.4) is 0 Å². The molecule has 9 aromatic carbocycles. The topological polar surface area (TPSA) is 113 Å². The first kappa shape index (κ1) is 48.6. The van der Waals surface area contributed by atoms with Gasteiger partial charge in [0.1, 0.15) is 0 Å². The van der Waals surface area contributed by atoms with Gasteiger partial charge in [-0.05, 0) is 76.9 Å². The van der Waals surface area contributed by atoms with Crippen molar-refractivity contribution >= 4 is 33.2 Å². The van der Waals surface area contributed by atoms with Gasteiger partial charge >= 0.3 is 6.18 Å². The molecule has 0 bridgehead atoms. The minimum atomic E-state index is -4.89. The quantitative estimate of drug-likeness (QED) is 0.133. The van der Waals surface area contributed by atoms with Crippen molar-refractivity contribution in [2.24, 2.45) is 0 Å². The van der Waals surface area contributed by atoms with Crippen molar-refractivity contribution in [2.75, 3.05) is 0 Å². The van der Waals surface area contributed by atoms with E-state index >= 15 is 13.2 Å². The zero-order chi connectivity index (χ0) is 54.2. The average Bonchev–Trinajstić information content (AvgIpc) is 4.08. The second kappa shape index (κ2) is 20.1.